The fourth-order valence-electron chi connectivity index (χ4n) is 3.64. The summed E-state index contributed by atoms with van der Waals surface area (Å²) >= 11 is 0. The van der Waals surface area contributed by atoms with Crippen molar-refractivity contribution >= 4 is 0 Å². The second-order valence-electron chi connectivity index (χ2n) is 10.1. The Bertz CT molecular complexity index is 352. The third kappa shape index (κ3) is 3.82. The van der Waals surface area contributed by atoms with Gasteiger partial charge in [0.2, 0.25) is 0 Å². The maximum Gasteiger partial charge on any atom is 0.0154 e. The maximum atomic E-state index is 2.71. The lowest BCUT2D eigenvalue weighted by atomic mass is 9.73. The van der Waals surface area contributed by atoms with Crippen molar-refractivity contribution in [1.29, 1.82) is 0 Å². The molecular formula is C19H38N2. The van der Waals surface area contributed by atoms with Crippen LogP contribution in [0.3, 0.4) is 0 Å². The number of hydrogen-bond acceptors (Lipinski definition) is 2. The van der Waals surface area contributed by atoms with E-state index in [4.69, 9.17) is 0 Å². The van der Waals surface area contributed by atoms with E-state index in [-0.39, 0.29) is 0 Å². The summed E-state index contributed by atoms with van der Waals surface area (Å²) in [7, 11) is 0. The Kier molecular flexibility index (Phi) is 4.55. The molecule has 0 aromatic heterocycles. The van der Waals surface area contributed by atoms with Crippen molar-refractivity contribution in [3.05, 3.63) is 0 Å². The smallest absolute Gasteiger partial charge is 0.0154 e. The highest BCUT2D eigenvalue weighted by molar-refractivity contribution is 4.98. The van der Waals surface area contributed by atoms with Gasteiger partial charge in [0.05, 0.1) is 0 Å². The van der Waals surface area contributed by atoms with Crippen molar-refractivity contribution in [1.82, 2.24) is 9.80 Å². The van der Waals surface area contributed by atoms with Gasteiger partial charge in [-0.1, -0.05) is 27.7 Å². The van der Waals surface area contributed by atoms with Gasteiger partial charge in [0, 0.05) is 37.3 Å². The predicted molar refractivity (Wildman–Crippen MR) is 92.6 cm³/mol. The van der Waals surface area contributed by atoms with E-state index >= 15 is 0 Å². The van der Waals surface area contributed by atoms with E-state index in [1.54, 1.807) is 0 Å². The van der Waals surface area contributed by atoms with Crippen molar-refractivity contribution in [3.63, 3.8) is 0 Å². The van der Waals surface area contributed by atoms with Gasteiger partial charge >= 0.3 is 0 Å². The van der Waals surface area contributed by atoms with Crippen LogP contribution >= 0.6 is 0 Å². The standard InChI is InChI=1S/C19H38N2/c1-15-11-20(12-15)18(5,6)9-10-19(7,8)21-13-16(14-21)17(2,3)4/h15-16H,9-14H2,1-8H3. The number of hydrogen-bond donors (Lipinski definition) is 0. The Morgan fingerprint density at radius 1 is 0.714 bits per heavy atom. The Morgan fingerprint density at radius 2 is 1.10 bits per heavy atom. The lowest BCUT2D eigenvalue weighted by Gasteiger charge is -2.55. The minimum absolute atomic E-state index is 0.357. The van der Waals surface area contributed by atoms with Crippen molar-refractivity contribution < 1.29 is 0 Å². The van der Waals surface area contributed by atoms with Crippen LogP contribution in [0, 0.1) is 17.3 Å². The van der Waals surface area contributed by atoms with Gasteiger partial charge in [0.15, 0.2) is 0 Å². The molecule has 2 aliphatic rings. The van der Waals surface area contributed by atoms with E-state index in [0.29, 0.717) is 16.5 Å². The zero-order chi connectivity index (χ0) is 16.1. The van der Waals surface area contributed by atoms with Gasteiger partial charge in [0.25, 0.3) is 0 Å². The van der Waals surface area contributed by atoms with Crippen LogP contribution in [-0.4, -0.2) is 47.1 Å². The molecule has 2 aliphatic heterocycles. The molecule has 0 radical (unpaired) electrons. The third-order valence-electron chi connectivity index (χ3n) is 6.23. The molecule has 0 aromatic carbocycles. The van der Waals surface area contributed by atoms with Crippen LogP contribution in [0.25, 0.3) is 0 Å². The van der Waals surface area contributed by atoms with Crippen LogP contribution in [0.15, 0.2) is 0 Å². The molecule has 0 spiro atoms. The largest absolute Gasteiger partial charge is 0.298 e. The van der Waals surface area contributed by atoms with Gasteiger partial charge in [-0.05, 0) is 57.8 Å². The SMILES string of the molecule is CC1CN(C(C)(C)CCC(C)(C)N2CC(C(C)(C)C)C2)C1. The number of likely N-dealkylation sites (tertiary alicyclic amines) is 2. The normalized spacial score (nSPS) is 24.0. The first kappa shape index (κ1) is 17.3. The van der Waals surface area contributed by atoms with Gasteiger partial charge in [0.1, 0.15) is 0 Å². The lowest BCUT2D eigenvalue weighted by Crippen LogP contribution is -2.61. The Morgan fingerprint density at radius 3 is 1.43 bits per heavy atom. The molecule has 124 valence electrons. The molecule has 0 saturated carbocycles. The topological polar surface area (TPSA) is 6.48 Å². The van der Waals surface area contributed by atoms with E-state index in [1.165, 1.54) is 39.0 Å². The van der Waals surface area contributed by atoms with Crippen molar-refractivity contribution in [2.24, 2.45) is 17.3 Å². The van der Waals surface area contributed by atoms with Crippen LogP contribution in [0.4, 0.5) is 0 Å². The van der Waals surface area contributed by atoms with Crippen molar-refractivity contribution in [2.45, 2.75) is 79.3 Å². The molecule has 0 aromatic rings. The third-order valence-corrected chi connectivity index (χ3v) is 6.23. The first-order valence-corrected chi connectivity index (χ1v) is 8.92. The second-order valence-corrected chi connectivity index (χ2v) is 10.1. The summed E-state index contributed by atoms with van der Waals surface area (Å²) in [5.74, 6) is 1.78. The molecular weight excluding hydrogens is 256 g/mol. The van der Waals surface area contributed by atoms with Gasteiger partial charge in [-0.2, -0.15) is 0 Å². The summed E-state index contributed by atoms with van der Waals surface area (Å²) < 4.78 is 0. The molecule has 2 fully saturated rings. The maximum absolute atomic E-state index is 2.71. The predicted octanol–water partition coefficient (Wildman–Crippen LogP) is 4.25. The summed E-state index contributed by atoms with van der Waals surface area (Å²) in [6, 6.07) is 0. The average Bonchev–Trinajstić information content (AvgIpc) is 2.17. The van der Waals surface area contributed by atoms with E-state index in [0.717, 1.165) is 11.8 Å². The molecule has 21 heavy (non-hydrogen) atoms. The van der Waals surface area contributed by atoms with Gasteiger partial charge < -0.3 is 0 Å². The van der Waals surface area contributed by atoms with Crippen LogP contribution in [0.2, 0.25) is 0 Å². The van der Waals surface area contributed by atoms with Crippen LogP contribution in [0.5, 0.6) is 0 Å². The summed E-state index contributed by atoms with van der Waals surface area (Å²) in [4.78, 5) is 5.37. The van der Waals surface area contributed by atoms with Gasteiger partial charge in [-0.3, -0.25) is 9.80 Å². The molecule has 2 rings (SSSR count). The minimum atomic E-state index is 0.357. The molecule has 0 N–H and O–H groups in total. The first-order chi connectivity index (χ1) is 9.42. The molecule has 0 atom stereocenters. The minimum Gasteiger partial charge on any atom is -0.298 e. The lowest BCUT2D eigenvalue weighted by molar-refractivity contribution is -0.0565. The molecule has 2 heterocycles. The fraction of sp³-hybridized carbons (Fsp3) is 1.00. The summed E-state index contributed by atoms with van der Waals surface area (Å²) in [6.45, 7) is 24.4. The van der Waals surface area contributed by atoms with E-state index < -0.39 is 0 Å². The molecule has 0 unspecified atom stereocenters. The second kappa shape index (κ2) is 5.53. The summed E-state index contributed by atoms with van der Waals surface area (Å²) in [5, 5.41) is 0. The van der Waals surface area contributed by atoms with E-state index in [2.05, 4.69) is 65.2 Å². The van der Waals surface area contributed by atoms with Crippen LogP contribution < -0.4 is 0 Å². The highest BCUT2D eigenvalue weighted by Gasteiger charge is 2.43. The highest BCUT2D eigenvalue weighted by atomic mass is 15.3. The molecule has 2 saturated heterocycles. The Labute approximate surface area is 133 Å². The summed E-state index contributed by atoms with van der Waals surface area (Å²) in [6.07, 6.45) is 2.62. The van der Waals surface area contributed by atoms with Crippen LogP contribution in [-0.2, 0) is 0 Å². The van der Waals surface area contributed by atoms with Crippen LogP contribution in [0.1, 0.15) is 68.2 Å². The number of nitrogens with zero attached hydrogens (tertiary/aromatic N) is 2. The van der Waals surface area contributed by atoms with Gasteiger partial charge in [-0.25, -0.2) is 0 Å². The van der Waals surface area contributed by atoms with E-state index in [1.807, 2.05) is 0 Å². The van der Waals surface area contributed by atoms with Gasteiger partial charge in [-0.15, -0.1) is 0 Å². The molecule has 2 heteroatoms. The fourth-order valence-corrected chi connectivity index (χ4v) is 3.64. The van der Waals surface area contributed by atoms with Crippen molar-refractivity contribution in [3.8, 4) is 0 Å². The Balaban J connectivity index is 1.80. The molecule has 0 amide bonds. The molecule has 0 bridgehead atoms. The molecule has 2 nitrogen and oxygen atoms in total. The van der Waals surface area contributed by atoms with E-state index in [9.17, 15) is 0 Å². The Hall–Kier alpha value is -0.0800. The average molecular weight is 295 g/mol. The quantitative estimate of drug-likeness (QED) is 0.748. The highest BCUT2D eigenvalue weighted by Crippen LogP contribution is 2.40. The monoisotopic (exact) mass is 294 g/mol. The summed E-state index contributed by atoms with van der Waals surface area (Å²) in [5.41, 5.74) is 1.20. The first-order valence-electron chi connectivity index (χ1n) is 8.92. The zero-order valence-electron chi connectivity index (χ0n) is 15.8. The van der Waals surface area contributed by atoms with Crippen molar-refractivity contribution in [2.75, 3.05) is 26.2 Å². The number of rotatable bonds is 5. The molecule has 0 aliphatic carbocycles. The zero-order valence-corrected chi connectivity index (χ0v) is 15.8.